The van der Waals surface area contributed by atoms with E-state index in [-0.39, 0.29) is 12.2 Å². The zero-order chi connectivity index (χ0) is 24.8. The van der Waals surface area contributed by atoms with Gasteiger partial charge in [-0.05, 0) is 56.5 Å². The van der Waals surface area contributed by atoms with E-state index in [1.807, 2.05) is 6.92 Å². The molecule has 1 aliphatic rings. The van der Waals surface area contributed by atoms with Crippen LogP contribution in [0.2, 0.25) is 0 Å². The summed E-state index contributed by atoms with van der Waals surface area (Å²) in [6, 6.07) is 13.0. The first kappa shape index (κ1) is 24.8. The van der Waals surface area contributed by atoms with E-state index in [1.54, 1.807) is 30.3 Å². The average molecular weight is 482 g/mol. The highest BCUT2D eigenvalue weighted by molar-refractivity contribution is 5.78. The van der Waals surface area contributed by atoms with Gasteiger partial charge in [0, 0.05) is 18.8 Å². The van der Waals surface area contributed by atoms with Crippen LogP contribution in [-0.4, -0.2) is 28.3 Å². The molecule has 0 amide bonds. The topological polar surface area (TPSA) is 81.8 Å². The van der Waals surface area contributed by atoms with Crippen LogP contribution >= 0.6 is 0 Å². The first-order valence-electron chi connectivity index (χ1n) is 12.2. The van der Waals surface area contributed by atoms with Crippen molar-refractivity contribution in [3.8, 4) is 11.5 Å². The fourth-order valence-corrected chi connectivity index (χ4v) is 4.49. The molecule has 1 unspecified atom stereocenters. The monoisotopic (exact) mass is 481 g/mol. The fraction of sp³-hybridized carbons (Fsp3) is 0.429. The first-order chi connectivity index (χ1) is 16.8. The number of para-hydroxylation sites is 1. The highest BCUT2D eigenvalue weighted by atomic mass is 19.1. The lowest BCUT2D eigenvalue weighted by Gasteiger charge is -2.26. The quantitative estimate of drug-likeness (QED) is 0.368. The molecule has 35 heavy (non-hydrogen) atoms. The Hall–Kier alpha value is -3.35. The Kier molecular flexibility index (Phi) is 7.73. The van der Waals surface area contributed by atoms with Crippen LogP contribution in [0.1, 0.15) is 67.9 Å². The number of carboxylic acid groups (broad SMARTS) is 1. The summed E-state index contributed by atoms with van der Waals surface area (Å²) in [5, 5.41) is 9.75. The second-order valence-corrected chi connectivity index (χ2v) is 9.38. The molecule has 2 aromatic carbocycles. The number of oxazole rings is 1. The third-order valence-corrected chi connectivity index (χ3v) is 6.56. The molecule has 6 nitrogen and oxygen atoms in total. The van der Waals surface area contributed by atoms with Crippen molar-refractivity contribution < 1.29 is 28.2 Å². The van der Waals surface area contributed by atoms with E-state index in [4.69, 9.17) is 18.9 Å². The minimum atomic E-state index is -1.62. The van der Waals surface area contributed by atoms with Crippen LogP contribution in [0.3, 0.4) is 0 Å². The SMILES string of the molecule is Cc1oc(C2CCCCC2)nc1CCOc1ccc(CC(C)(Oc2ccccc2F)C(=O)O)cc1. The number of aliphatic carboxylic acids is 1. The minimum Gasteiger partial charge on any atom is -0.493 e. The summed E-state index contributed by atoms with van der Waals surface area (Å²) >= 11 is 0. The van der Waals surface area contributed by atoms with Crippen LogP contribution in [0.15, 0.2) is 52.9 Å². The molecule has 0 radical (unpaired) electrons. The number of carbonyl (C=O) groups is 1. The zero-order valence-electron chi connectivity index (χ0n) is 20.3. The summed E-state index contributed by atoms with van der Waals surface area (Å²) in [6.45, 7) is 3.85. The Morgan fingerprint density at radius 3 is 2.54 bits per heavy atom. The number of carboxylic acids is 1. The Balaban J connectivity index is 1.33. The molecule has 7 heteroatoms. The molecule has 0 bridgehead atoms. The second-order valence-electron chi connectivity index (χ2n) is 9.38. The number of aryl methyl sites for hydroxylation is 1. The van der Waals surface area contributed by atoms with Crippen LogP contribution in [0, 0.1) is 12.7 Å². The van der Waals surface area contributed by atoms with Gasteiger partial charge in [-0.25, -0.2) is 14.2 Å². The summed E-state index contributed by atoms with van der Waals surface area (Å²) in [5.74, 6) is 0.965. The third-order valence-electron chi connectivity index (χ3n) is 6.56. The molecule has 4 rings (SSSR count). The van der Waals surface area contributed by atoms with E-state index in [1.165, 1.54) is 44.4 Å². The van der Waals surface area contributed by atoms with Gasteiger partial charge < -0.3 is 19.0 Å². The lowest BCUT2D eigenvalue weighted by molar-refractivity contribution is -0.153. The maximum Gasteiger partial charge on any atom is 0.348 e. The number of rotatable bonds is 10. The van der Waals surface area contributed by atoms with Crippen LogP contribution in [-0.2, 0) is 17.6 Å². The maximum atomic E-state index is 14.0. The van der Waals surface area contributed by atoms with Gasteiger partial charge in [-0.15, -0.1) is 0 Å². The van der Waals surface area contributed by atoms with E-state index in [2.05, 4.69) is 0 Å². The van der Waals surface area contributed by atoms with Gasteiger partial charge in [0.05, 0.1) is 12.3 Å². The summed E-state index contributed by atoms with van der Waals surface area (Å²) in [6.07, 6.45) is 6.78. The second kappa shape index (κ2) is 10.9. The van der Waals surface area contributed by atoms with Gasteiger partial charge >= 0.3 is 5.97 Å². The molecule has 1 atom stereocenters. The largest absolute Gasteiger partial charge is 0.493 e. The van der Waals surface area contributed by atoms with Crippen LogP contribution in [0.25, 0.3) is 0 Å². The minimum absolute atomic E-state index is 0.0685. The normalized spacial score (nSPS) is 16.0. The fourth-order valence-electron chi connectivity index (χ4n) is 4.49. The Bertz CT molecular complexity index is 1140. The molecule has 3 aromatic rings. The highest BCUT2D eigenvalue weighted by Gasteiger charge is 2.36. The molecular weight excluding hydrogens is 449 g/mol. The highest BCUT2D eigenvalue weighted by Crippen LogP contribution is 2.33. The molecule has 186 valence electrons. The number of ether oxygens (including phenoxy) is 2. The van der Waals surface area contributed by atoms with Crippen LogP contribution < -0.4 is 9.47 Å². The number of hydrogen-bond acceptors (Lipinski definition) is 5. The smallest absolute Gasteiger partial charge is 0.348 e. The predicted octanol–water partition coefficient (Wildman–Crippen LogP) is 6.26. The van der Waals surface area contributed by atoms with Crippen molar-refractivity contribution in [2.24, 2.45) is 0 Å². The Labute approximate surface area is 205 Å². The van der Waals surface area contributed by atoms with Crippen molar-refractivity contribution in [2.75, 3.05) is 6.61 Å². The van der Waals surface area contributed by atoms with Crippen LogP contribution in [0.4, 0.5) is 4.39 Å². The molecule has 1 fully saturated rings. The van der Waals surface area contributed by atoms with Gasteiger partial charge in [-0.1, -0.05) is 43.5 Å². The molecule has 1 aliphatic carbocycles. The van der Waals surface area contributed by atoms with Crippen molar-refractivity contribution in [3.63, 3.8) is 0 Å². The number of benzene rings is 2. The van der Waals surface area contributed by atoms with Gasteiger partial charge in [-0.3, -0.25) is 0 Å². The molecule has 0 saturated heterocycles. The molecule has 1 heterocycles. The Morgan fingerprint density at radius 1 is 1.14 bits per heavy atom. The van der Waals surface area contributed by atoms with Gasteiger partial charge in [-0.2, -0.15) is 0 Å². The summed E-state index contributed by atoms with van der Waals surface area (Å²) in [7, 11) is 0. The molecule has 0 aliphatic heterocycles. The van der Waals surface area contributed by atoms with Crippen molar-refractivity contribution in [2.45, 2.75) is 70.3 Å². The first-order valence-corrected chi connectivity index (χ1v) is 12.2. The lowest BCUT2D eigenvalue weighted by atomic mass is 9.89. The third kappa shape index (κ3) is 6.21. The van der Waals surface area contributed by atoms with Crippen molar-refractivity contribution >= 4 is 5.97 Å². The van der Waals surface area contributed by atoms with Gasteiger partial charge in [0.2, 0.25) is 5.60 Å². The van der Waals surface area contributed by atoms with Crippen molar-refractivity contribution in [1.82, 2.24) is 4.98 Å². The molecule has 1 N–H and O–H groups in total. The van der Waals surface area contributed by atoms with E-state index in [0.29, 0.717) is 24.7 Å². The summed E-state index contributed by atoms with van der Waals surface area (Å²) < 4.78 is 31.4. The van der Waals surface area contributed by atoms with E-state index < -0.39 is 17.4 Å². The van der Waals surface area contributed by atoms with E-state index in [9.17, 15) is 14.3 Å². The zero-order valence-corrected chi connectivity index (χ0v) is 20.3. The number of hydrogen-bond donors (Lipinski definition) is 1. The standard InChI is InChI=1S/C28H32FNO5/c1-19-24(30-26(34-19)21-8-4-3-5-9-21)16-17-33-22-14-12-20(13-15-22)18-28(2,27(31)32)35-25-11-7-6-10-23(25)29/h6-7,10-15,21H,3-5,8-9,16-18H2,1-2H3,(H,31,32). The van der Waals surface area contributed by atoms with Crippen molar-refractivity contribution in [3.05, 3.63) is 77.3 Å². The predicted molar refractivity (Wildman–Crippen MR) is 129 cm³/mol. The molecule has 1 aromatic heterocycles. The lowest BCUT2D eigenvalue weighted by Crippen LogP contribution is -2.43. The summed E-state index contributed by atoms with van der Waals surface area (Å²) in [5.41, 5.74) is 0.0539. The van der Waals surface area contributed by atoms with Crippen molar-refractivity contribution in [1.29, 1.82) is 0 Å². The number of halogens is 1. The Morgan fingerprint density at radius 2 is 1.86 bits per heavy atom. The molecular formula is C28H32FNO5. The number of aromatic nitrogens is 1. The van der Waals surface area contributed by atoms with E-state index in [0.717, 1.165) is 35.7 Å². The van der Waals surface area contributed by atoms with Crippen LogP contribution in [0.5, 0.6) is 11.5 Å². The van der Waals surface area contributed by atoms with Gasteiger partial charge in [0.15, 0.2) is 17.5 Å². The number of nitrogens with zero attached hydrogens (tertiary/aromatic N) is 1. The van der Waals surface area contributed by atoms with E-state index >= 15 is 0 Å². The molecule has 0 spiro atoms. The summed E-state index contributed by atoms with van der Waals surface area (Å²) in [4.78, 5) is 16.7. The van der Waals surface area contributed by atoms with Gasteiger partial charge in [0.25, 0.3) is 0 Å². The van der Waals surface area contributed by atoms with Gasteiger partial charge in [0.1, 0.15) is 11.5 Å². The maximum absolute atomic E-state index is 14.0. The average Bonchev–Trinajstić information content (AvgIpc) is 3.22. The molecule has 1 saturated carbocycles.